The van der Waals surface area contributed by atoms with Crippen molar-refractivity contribution in [2.45, 2.75) is 83.3 Å². The van der Waals surface area contributed by atoms with Gasteiger partial charge in [-0.05, 0) is 139 Å². The van der Waals surface area contributed by atoms with Crippen molar-refractivity contribution in [2.24, 2.45) is 23.7 Å². The van der Waals surface area contributed by atoms with Gasteiger partial charge in [0, 0.05) is 42.0 Å². The van der Waals surface area contributed by atoms with E-state index < -0.39 is 35.9 Å². The number of hydrogen-bond acceptors (Lipinski definition) is 10. The maximum absolute atomic E-state index is 12.0. The number of rotatable bonds is 9. The molecule has 3 saturated carbocycles. The summed E-state index contributed by atoms with van der Waals surface area (Å²) in [7, 11) is 4.15. The molecular weight excluding hydrogens is 766 g/mol. The van der Waals surface area contributed by atoms with Crippen molar-refractivity contribution >= 4 is 40.1 Å². The zero-order valence-corrected chi connectivity index (χ0v) is 33.8. The Morgan fingerprint density at radius 3 is 2.42 bits per heavy atom. The number of carboxylic acid groups (broad SMARTS) is 1. The molecule has 1 spiro atoms. The SMILES string of the molecule is CN(C)C[C]1[CH][CH][CH][C]1C[N-]c1ccnc2cc(Cl)ccc12.C[C@H]1[C@H](OC(=O)CCC(=O)[O-])O[C@@H]2O[C@@]3(C)CC[C@H]4[C@H](C)CC[C@@H]1[C@@]24OO3.[CH]1[CH][CH][CH][CH]1.[Fe+2]. The molecule has 7 aliphatic rings. The summed E-state index contributed by atoms with van der Waals surface area (Å²) in [6, 6.07) is 7.68. The molecule has 4 aliphatic heterocycles. The van der Waals surface area contributed by atoms with E-state index in [1.165, 1.54) is 11.8 Å². The Morgan fingerprint density at radius 2 is 1.71 bits per heavy atom. The minimum absolute atomic E-state index is 0. The maximum Gasteiger partial charge on any atom is 2.00 e. The predicted octanol–water partition coefficient (Wildman–Crippen LogP) is 6.52. The summed E-state index contributed by atoms with van der Waals surface area (Å²) in [6.45, 7) is 7.65. The van der Waals surface area contributed by atoms with Crippen molar-refractivity contribution in [1.29, 1.82) is 0 Å². The fourth-order valence-electron chi connectivity index (χ4n) is 8.28. The van der Waals surface area contributed by atoms with Crippen LogP contribution in [0.4, 0.5) is 5.69 Å². The van der Waals surface area contributed by atoms with Gasteiger partial charge >= 0.3 is 23.0 Å². The second kappa shape index (κ2) is 19.6. The molecule has 4 saturated heterocycles. The van der Waals surface area contributed by atoms with Gasteiger partial charge in [0.1, 0.15) is 0 Å². The predicted molar refractivity (Wildman–Crippen MR) is 201 cm³/mol. The number of pyridine rings is 1. The van der Waals surface area contributed by atoms with Crippen LogP contribution in [-0.2, 0) is 50.6 Å². The molecule has 2 aromatic rings. The zero-order valence-electron chi connectivity index (χ0n) is 32.0. The Balaban J connectivity index is 0.000000187. The molecule has 9 rings (SSSR count). The normalized spacial score (nSPS) is 32.6. The number of benzene rings is 1. The van der Waals surface area contributed by atoms with Gasteiger partial charge in [0.05, 0.1) is 11.9 Å². The van der Waals surface area contributed by atoms with Crippen LogP contribution in [0.5, 0.6) is 0 Å². The standard InChI is InChI=1S/C19H28O8.C18H18ClN3.C5H5.Fe/c1-10-4-5-13-11(2)16(23-15(22)7-6-14(20)21)24-17-19(13)12(10)8-9-18(3,25-17)26-27-19;1-22(2)12-14-5-3-4-13(14)11-21-17-8-9-20-18-10-15(19)6-7-16(17)18;1-2-4-5-3-1;/h10-13,16-17H,4-9H2,1-3H3,(H,20,21);3-10H,11-12H2,1-2H3;1-5H;/q;-1;;+2/p-1/t10-,11-,12+,13+,16-,17-,18-,19-;;;/m1.../s1. The van der Waals surface area contributed by atoms with Gasteiger partial charge in [-0.1, -0.05) is 37.6 Å². The van der Waals surface area contributed by atoms with Gasteiger partial charge in [0.25, 0.3) is 0 Å². The van der Waals surface area contributed by atoms with Crippen LogP contribution >= 0.6 is 11.6 Å². The Morgan fingerprint density at radius 1 is 0.982 bits per heavy atom. The van der Waals surface area contributed by atoms with Crippen molar-refractivity contribution in [3.63, 3.8) is 0 Å². The quantitative estimate of drug-likeness (QED) is 0.157. The maximum atomic E-state index is 12.0. The van der Waals surface area contributed by atoms with Gasteiger partial charge in [0.15, 0.2) is 11.9 Å². The second-order valence-corrected chi connectivity index (χ2v) is 15.7. The summed E-state index contributed by atoms with van der Waals surface area (Å²) >= 11 is 6.02. The number of fused-ring (bicyclic) bond motifs is 3. The molecule has 3 aliphatic carbocycles. The largest absolute Gasteiger partial charge is 2.00 e. The third-order valence-electron chi connectivity index (χ3n) is 11.0. The molecule has 0 N–H and O–H groups in total. The topological polar surface area (TPSA) is 134 Å². The number of carbonyl (C=O) groups is 2. The van der Waals surface area contributed by atoms with Crippen molar-refractivity contribution in [3.8, 4) is 0 Å². The number of carboxylic acids is 1. The van der Waals surface area contributed by atoms with Gasteiger partial charge in [-0.3, -0.25) is 9.78 Å². The van der Waals surface area contributed by atoms with Gasteiger partial charge in [-0.15, -0.1) is 12.2 Å². The number of esters is 1. The minimum atomic E-state index is -1.28. The number of nitrogens with zero attached hydrogens (tertiary/aromatic N) is 3. The zero-order chi connectivity index (χ0) is 38.5. The van der Waals surface area contributed by atoms with E-state index in [0.717, 1.165) is 42.4 Å². The van der Waals surface area contributed by atoms with Crippen LogP contribution < -0.4 is 5.11 Å². The van der Waals surface area contributed by atoms with E-state index in [2.05, 4.69) is 50.2 Å². The van der Waals surface area contributed by atoms with Crippen molar-refractivity contribution < 1.29 is 55.8 Å². The molecule has 11 nitrogen and oxygen atoms in total. The molecule has 13 heteroatoms. The summed E-state index contributed by atoms with van der Waals surface area (Å²) in [5, 5.41) is 17.1. The molecule has 2 bridgehead atoms. The van der Waals surface area contributed by atoms with Crippen LogP contribution in [0.15, 0.2) is 30.5 Å². The summed E-state index contributed by atoms with van der Waals surface area (Å²) in [5.74, 6) is 0.434. The van der Waals surface area contributed by atoms with Crippen LogP contribution in [-0.4, -0.2) is 73.0 Å². The molecule has 1 aromatic heterocycles. The summed E-state index contributed by atoms with van der Waals surface area (Å²) < 4.78 is 17.7. The third-order valence-corrected chi connectivity index (χ3v) is 11.3. The van der Waals surface area contributed by atoms with Crippen LogP contribution in [0.2, 0.25) is 5.02 Å². The first kappa shape index (κ1) is 44.1. The first-order valence-electron chi connectivity index (χ1n) is 18.7. The first-order valence-corrected chi connectivity index (χ1v) is 19.1. The van der Waals surface area contributed by atoms with Crippen molar-refractivity contribution in [3.05, 3.63) is 104 Å². The number of aliphatic carboxylic acids is 1. The Labute approximate surface area is 342 Å². The van der Waals surface area contributed by atoms with E-state index in [4.69, 9.17) is 40.9 Å². The summed E-state index contributed by atoms with van der Waals surface area (Å²) in [5.41, 5.74) is 1.13. The fraction of sp³-hybridized carbons (Fsp3) is 0.500. The molecule has 1 aromatic carbocycles. The Hall–Kier alpha value is -2.02. The second-order valence-electron chi connectivity index (χ2n) is 15.2. The Kier molecular flexibility index (Phi) is 15.7. The smallest absolute Gasteiger partial charge is 0.683 e. The van der Waals surface area contributed by atoms with E-state index in [-0.39, 0.29) is 47.7 Å². The fourth-order valence-corrected chi connectivity index (χ4v) is 8.44. The molecule has 8 atom stereocenters. The number of aromatic nitrogens is 1. The molecule has 7 fully saturated rings. The van der Waals surface area contributed by atoms with Crippen LogP contribution in [0.1, 0.15) is 59.3 Å². The third kappa shape index (κ3) is 10.5. The van der Waals surface area contributed by atoms with Gasteiger partial charge in [-0.2, -0.15) is 0 Å². The molecule has 0 unspecified atom stereocenters. The molecule has 5 heterocycles. The molecular formula is C42H50ClFeN3O8. The number of hydrogen-bond donors (Lipinski definition) is 0. The summed E-state index contributed by atoms with van der Waals surface area (Å²) in [6.07, 6.45) is 19.7. The van der Waals surface area contributed by atoms with Crippen LogP contribution in [0, 0.1) is 86.9 Å². The first-order chi connectivity index (χ1) is 25.9. The average molecular weight is 816 g/mol. The number of ether oxygens (including phenoxy) is 3. The monoisotopic (exact) mass is 815 g/mol. The number of carbonyl (C=O) groups excluding carboxylic acids is 2. The van der Waals surface area contributed by atoms with Crippen molar-refractivity contribution in [1.82, 2.24) is 9.88 Å². The van der Waals surface area contributed by atoms with Gasteiger partial charge in [0.2, 0.25) is 12.1 Å². The van der Waals surface area contributed by atoms with Crippen molar-refractivity contribution in [2.75, 3.05) is 27.2 Å². The number of halogens is 1. The van der Waals surface area contributed by atoms with E-state index in [0.29, 0.717) is 23.9 Å². The van der Waals surface area contributed by atoms with E-state index in [1.807, 2.05) is 70.2 Å². The van der Waals surface area contributed by atoms with Gasteiger partial charge in [-0.25, -0.2) is 9.78 Å². The van der Waals surface area contributed by atoms with Gasteiger partial charge < -0.3 is 34.3 Å². The minimum Gasteiger partial charge on any atom is -0.683 e. The summed E-state index contributed by atoms with van der Waals surface area (Å²) in [4.78, 5) is 40.9. The average Bonchev–Trinajstić information content (AvgIpc) is 3.82. The van der Waals surface area contributed by atoms with E-state index in [9.17, 15) is 14.7 Å². The molecule has 296 valence electrons. The van der Waals surface area contributed by atoms with Crippen LogP contribution in [0.25, 0.3) is 16.2 Å². The molecule has 10 radical (unpaired) electrons. The molecule has 55 heavy (non-hydrogen) atoms. The van der Waals surface area contributed by atoms with E-state index >= 15 is 0 Å². The Bertz CT molecular complexity index is 1570. The van der Waals surface area contributed by atoms with Crippen LogP contribution in [0.3, 0.4) is 0 Å². The molecule has 0 amide bonds. The van der Waals surface area contributed by atoms with E-state index in [1.54, 1.807) is 6.20 Å².